The molecule has 0 aliphatic rings. The lowest BCUT2D eigenvalue weighted by molar-refractivity contribution is 0.0599. The average Bonchev–Trinajstić information content (AvgIpc) is 2.71. The number of carbonyl (C=O) groups excluding carboxylic acids is 1. The van der Waals surface area contributed by atoms with Crippen LogP contribution in [0.4, 0.5) is 0 Å². The Bertz CT molecular complexity index is 529. The molecule has 4 heteroatoms. The number of imidazole rings is 1. The lowest BCUT2D eigenvalue weighted by atomic mass is 10.1. The number of esters is 1. The van der Waals surface area contributed by atoms with Crippen LogP contribution in [0.5, 0.6) is 0 Å². The summed E-state index contributed by atoms with van der Waals surface area (Å²) in [6.45, 7) is 3.82. The number of nitrogens with zero attached hydrogens (tertiary/aromatic N) is 2. The predicted octanol–water partition coefficient (Wildman–Crippen LogP) is 1.74. The average molecular weight is 204 g/mol. The first-order chi connectivity index (χ1) is 7.15. The molecule has 4 nitrogen and oxygen atoms in total. The molecule has 0 radical (unpaired) electrons. The van der Waals surface area contributed by atoms with Crippen molar-refractivity contribution in [3.8, 4) is 0 Å². The Morgan fingerprint density at radius 3 is 2.87 bits per heavy atom. The zero-order valence-corrected chi connectivity index (χ0v) is 8.94. The van der Waals surface area contributed by atoms with E-state index in [9.17, 15) is 4.79 Å². The molecule has 0 spiro atoms. The number of fused-ring (bicyclic) bond motifs is 1. The number of aromatic nitrogens is 2. The van der Waals surface area contributed by atoms with Gasteiger partial charge in [0.25, 0.3) is 0 Å². The highest BCUT2D eigenvalue weighted by Gasteiger charge is 2.13. The molecule has 15 heavy (non-hydrogen) atoms. The van der Waals surface area contributed by atoms with Gasteiger partial charge in [-0.2, -0.15) is 0 Å². The van der Waals surface area contributed by atoms with Crippen LogP contribution >= 0.6 is 0 Å². The van der Waals surface area contributed by atoms with Gasteiger partial charge in [-0.15, -0.1) is 0 Å². The smallest absolute Gasteiger partial charge is 0.339 e. The van der Waals surface area contributed by atoms with Crippen LogP contribution in [0.2, 0.25) is 0 Å². The fraction of sp³-hybridized carbons (Fsp3) is 0.273. The molecule has 0 saturated carbocycles. The Kier molecular flexibility index (Phi) is 2.19. The number of carbonyl (C=O) groups is 1. The van der Waals surface area contributed by atoms with E-state index in [1.807, 2.05) is 24.3 Å². The molecular weight excluding hydrogens is 192 g/mol. The predicted molar refractivity (Wildman–Crippen MR) is 56.0 cm³/mol. The van der Waals surface area contributed by atoms with Crippen molar-refractivity contribution in [3.05, 3.63) is 35.4 Å². The van der Waals surface area contributed by atoms with Crippen molar-refractivity contribution >= 4 is 11.5 Å². The van der Waals surface area contributed by atoms with E-state index in [4.69, 9.17) is 4.74 Å². The molecule has 2 aromatic rings. The molecule has 0 aliphatic heterocycles. The van der Waals surface area contributed by atoms with E-state index in [1.165, 1.54) is 7.11 Å². The lowest BCUT2D eigenvalue weighted by Crippen LogP contribution is -2.08. The summed E-state index contributed by atoms with van der Waals surface area (Å²) in [4.78, 5) is 15.6. The normalized spacial score (nSPS) is 10.6. The highest BCUT2D eigenvalue weighted by molar-refractivity contribution is 5.91. The van der Waals surface area contributed by atoms with Crippen LogP contribution in [0, 0.1) is 13.8 Å². The molecule has 0 N–H and O–H groups in total. The molecule has 2 heterocycles. The van der Waals surface area contributed by atoms with E-state index in [-0.39, 0.29) is 5.97 Å². The third-order valence-electron chi connectivity index (χ3n) is 2.56. The first kappa shape index (κ1) is 9.71. The fourth-order valence-electron chi connectivity index (χ4n) is 1.70. The Morgan fingerprint density at radius 2 is 2.20 bits per heavy atom. The van der Waals surface area contributed by atoms with Gasteiger partial charge in [-0.3, -0.25) is 0 Å². The highest BCUT2D eigenvalue weighted by Crippen LogP contribution is 2.17. The first-order valence-electron chi connectivity index (χ1n) is 4.65. The number of methoxy groups -OCH3 is 1. The van der Waals surface area contributed by atoms with Crippen molar-refractivity contribution in [1.29, 1.82) is 0 Å². The zero-order chi connectivity index (χ0) is 11.0. The number of aryl methyl sites for hydroxylation is 2. The van der Waals surface area contributed by atoms with Gasteiger partial charge in [-0.1, -0.05) is 0 Å². The molecule has 0 bridgehead atoms. The summed E-state index contributed by atoms with van der Waals surface area (Å²) < 4.78 is 6.62. The third-order valence-corrected chi connectivity index (χ3v) is 2.56. The van der Waals surface area contributed by atoms with Crippen LogP contribution in [-0.4, -0.2) is 22.5 Å². The minimum absolute atomic E-state index is 0.314. The summed E-state index contributed by atoms with van der Waals surface area (Å²) in [6, 6.07) is 1.83. The minimum atomic E-state index is -0.314. The monoisotopic (exact) mass is 204 g/mol. The Labute approximate surface area is 87.5 Å². The molecule has 2 rings (SSSR count). The first-order valence-corrected chi connectivity index (χ1v) is 4.65. The quantitative estimate of drug-likeness (QED) is 0.664. The van der Waals surface area contributed by atoms with Crippen LogP contribution in [0.15, 0.2) is 18.6 Å². The number of ether oxygens (including phenoxy) is 1. The van der Waals surface area contributed by atoms with Gasteiger partial charge in [-0.25, -0.2) is 9.78 Å². The number of pyridine rings is 1. The maximum atomic E-state index is 11.5. The fourth-order valence-corrected chi connectivity index (χ4v) is 1.70. The van der Waals surface area contributed by atoms with Crippen molar-refractivity contribution in [3.63, 3.8) is 0 Å². The van der Waals surface area contributed by atoms with Gasteiger partial charge < -0.3 is 9.14 Å². The van der Waals surface area contributed by atoms with Crippen LogP contribution in [0.3, 0.4) is 0 Å². The van der Waals surface area contributed by atoms with Gasteiger partial charge in [0.05, 0.1) is 30.7 Å². The van der Waals surface area contributed by atoms with Crippen molar-refractivity contribution in [1.82, 2.24) is 9.38 Å². The Balaban J connectivity index is 2.76. The van der Waals surface area contributed by atoms with E-state index in [2.05, 4.69) is 4.98 Å². The molecule has 2 aromatic heterocycles. The summed E-state index contributed by atoms with van der Waals surface area (Å²) in [5.41, 5.74) is 3.46. The summed E-state index contributed by atoms with van der Waals surface area (Å²) >= 11 is 0. The van der Waals surface area contributed by atoms with Gasteiger partial charge in [0.15, 0.2) is 0 Å². The van der Waals surface area contributed by atoms with Gasteiger partial charge in [-0.05, 0) is 25.5 Å². The summed E-state index contributed by atoms with van der Waals surface area (Å²) in [5.74, 6) is -0.314. The largest absolute Gasteiger partial charge is 0.465 e. The Morgan fingerprint density at radius 1 is 1.47 bits per heavy atom. The van der Waals surface area contributed by atoms with Crippen LogP contribution in [0.1, 0.15) is 21.6 Å². The lowest BCUT2D eigenvalue weighted by Gasteiger charge is -2.08. The van der Waals surface area contributed by atoms with Crippen LogP contribution in [-0.2, 0) is 4.74 Å². The van der Waals surface area contributed by atoms with E-state index >= 15 is 0 Å². The number of hydrogen-bond acceptors (Lipinski definition) is 3. The van der Waals surface area contributed by atoms with Crippen LogP contribution in [0.25, 0.3) is 5.52 Å². The molecule has 0 atom stereocenters. The topological polar surface area (TPSA) is 43.6 Å². The molecule has 0 amide bonds. The second-order valence-corrected chi connectivity index (χ2v) is 3.47. The molecule has 0 aromatic carbocycles. The summed E-state index contributed by atoms with van der Waals surface area (Å²) in [5, 5.41) is 0. The standard InChI is InChI=1S/C11H12N2O2/c1-7-4-9(11(14)15-3)8(2)13-6-12-5-10(7)13/h4-6H,1-3H3. The van der Waals surface area contributed by atoms with Crippen molar-refractivity contribution in [2.24, 2.45) is 0 Å². The van der Waals surface area contributed by atoms with Crippen molar-refractivity contribution in [2.75, 3.05) is 7.11 Å². The number of hydrogen-bond donors (Lipinski definition) is 0. The second kappa shape index (κ2) is 3.38. The Hall–Kier alpha value is -1.84. The second-order valence-electron chi connectivity index (χ2n) is 3.47. The van der Waals surface area contributed by atoms with Gasteiger partial charge in [0.1, 0.15) is 0 Å². The SMILES string of the molecule is COC(=O)c1cc(C)c2cncn2c1C. The molecular formula is C11H12N2O2. The number of rotatable bonds is 1. The van der Waals surface area contributed by atoms with Gasteiger partial charge >= 0.3 is 5.97 Å². The highest BCUT2D eigenvalue weighted by atomic mass is 16.5. The van der Waals surface area contributed by atoms with Crippen molar-refractivity contribution in [2.45, 2.75) is 13.8 Å². The molecule has 0 unspecified atom stereocenters. The maximum absolute atomic E-state index is 11.5. The van der Waals surface area contributed by atoms with E-state index in [0.717, 1.165) is 16.8 Å². The molecule has 0 saturated heterocycles. The minimum Gasteiger partial charge on any atom is -0.465 e. The van der Waals surface area contributed by atoms with Gasteiger partial charge in [0, 0.05) is 5.69 Å². The summed E-state index contributed by atoms with van der Waals surface area (Å²) in [6.07, 6.45) is 3.48. The van der Waals surface area contributed by atoms with Crippen LogP contribution < -0.4 is 0 Å². The summed E-state index contributed by atoms with van der Waals surface area (Å²) in [7, 11) is 1.38. The molecule has 0 fully saturated rings. The maximum Gasteiger partial charge on any atom is 0.339 e. The molecule has 78 valence electrons. The third kappa shape index (κ3) is 1.38. The van der Waals surface area contributed by atoms with E-state index in [1.54, 1.807) is 12.5 Å². The zero-order valence-electron chi connectivity index (χ0n) is 8.94. The van der Waals surface area contributed by atoms with E-state index in [0.29, 0.717) is 5.56 Å². The van der Waals surface area contributed by atoms with Gasteiger partial charge in [0.2, 0.25) is 0 Å². The van der Waals surface area contributed by atoms with Crippen molar-refractivity contribution < 1.29 is 9.53 Å². The molecule has 0 aliphatic carbocycles. The van der Waals surface area contributed by atoms with E-state index < -0.39 is 0 Å².